The molecule has 3 rings (SSSR count). The highest BCUT2D eigenvalue weighted by Crippen LogP contribution is 2.30. The summed E-state index contributed by atoms with van der Waals surface area (Å²) >= 11 is 2.93. The summed E-state index contributed by atoms with van der Waals surface area (Å²) < 4.78 is 0.820. The van der Waals surface area contributed by atoms with Crippen LogP contribution in [0.1, 0.15) is 44.6 Å². The van der Waals surface area contributed by atoms with E-state index in [1.807, 2.05) is 12.1 Å². The molecule has 1 saturated carbocycles. The van der Waals surface area contributed by atoms with Crippen molar-refractivity contribution in [3.63, 3.8) is 0 Å². The molecule has 7 heteroatoms. The number of aromatic nitrogens is 2. The van der Waals surface area contributed by atoms with Gasteiger partial charge in [0.1, 0.15) is 0 Å². The third-order valence-corrected chi connectivity index (χ3v) is 6.00. The van der Waals surface area contributed by atoms with Gasteiger partial charge in [-0.2, -0.15) is 0 Å². The monoisotopic (exact) mass is 362 g/mol. The summed E-state index contributed by atoms with van der Waals surface area (Å²) in [7, 11) is 0. The number of amides is 1. The third-order valence-electron chi connectivity index (χ3n) is 4.01. The van der Waals surface area contributed by atoms with E-state index >= 15 is 0 Å². The Balaban J connectivity index is 1.45. The summed E-state index contributed by atoms with van der Waals surface area (Å²) in [6.07, 6.45) is 3.53. The lowest BCUT2D eigenvalue weighted by molar-refractivity contribution is -0.113. The van der Waals surface area contributed by atoms with Crippen LogP contribution in [0.2, 0.25) is 0 Å². The molecule has 2 aromatic rings. The van der Waals surface area contributed by atoms with Gasteiger partial charge in [-0.3, -0.25) is 4.79 Å². The fraction of sp³-hybridized carbons (Fsp3) is 0.471. The molecular formula is C17H22N4OS2. The van der Waals surface area contributed by atoms with E-state index in [9.17, 15) is 4.79 Å². The summed E-state index contributed by atoms with van der Waals surface area (Å²) in [5.74, 6) is 0.856. The Morgan fingerprint density at radius 3 is 2.75 bits per heavy atom. The SMILES string of the molecule is CC[C@@H](C)c1ccc(NC(=O)CSc2nnc(NC3CC3)s2)cc1. The molecule has 0 saturated heterocycles. The molecule has 0 spiro atoms. The van der Waals surface area contributed by atoms with E-state index in [1.165, 1.54) is 41.5 Å². The highest BCUT2D eigenvalue weighted by molar-refractivity contribution is 8.01. The lowest BCUT2D eigenvalue weighted by Crippen LogP contribution is -2.13. The van der Waals surface area contributed by atoms with Crippen molar-refractivity contribution in [3.05, 3.63) is 29.8 Å². The van der Waals surface area contributed by atoms with Crippen molar-refractivity contribution in [2.45, 2.75) is 49.4 Å². The van der Waals surface area contributed by atoms with E-state index in [0.29, 0.717) is 17.7 Å². The molecule has 1 amide bonds. The average Bonchev–Trinajstić information content (AvgIpc) is 3.29. The van der Waals surface area contributed by atoms with Gasteiger partial charge in [0.2, 0.25) is 11.0 Å². The Kier molecular flexibility index (Phi) is 5.73. The number of rotatable bonds is 8. The second-order valence-electron chi connectivity index (χ2n) is 6.06. The number of carbonyl (C=O) groups excluding carboxylic acids is 1. The van der Waals surface area contributed by atoms with Crippen LogP contribution in [-0.4, -0.2) is 27.9 Å². The highest BCUT2D eigenvalue weighted by Gasteiger charge is 2.22. The van der Waals surface area contributed by atoms with Crippen molar-refractivity contribution in [2.24, 2.45) is 0 Å². The van der Waals surface area contributed by atoms with Gasteiger partial charge in [-0.1, -0.05) is 49.1 Å². The Morgan fingerprint density at radius 2 is 2.08 bits per heavy atom. The summed E-state index contributed by atoms with van der Waals surface area (Å²) in [6, 6.07) is 8.66. The van der Waals surface area contributed by atoms with Crippen molar-refractivity contribution in [3.8, 4) is 0 Å². The van der Waals surface area contributed by atoms with Crippen LogP contribution in [0.25, 0.3) is 0 Å². The summed E-state index contributed by atoms with van der Waals surface area (Å²) in [4.78, 5) is 12.1. The van der Waals surface area contributed by atoms with E-state index in [1.54, 1.807) is 0 Å². The van der Waals surface area contributed by atoms with E-state index in [2.05, 4.69) is 46.8 Å². The maximum atomic E-state index is 12.1. The third kappa shape index (κ3) is 4.95. The van der Waals surface area contributed by atoms with Crippen LogP contribution in [0.3, 0.4) is 0 Å². The van der Waals surface area contributed by atoms with Crippen LogP contribution in [0.5, 0.6) is 0 Å². The topological polar surface area (TPSA) is 66.9 Å². The Morgan fingerprint density at radius 1 is 1.33 bits per heavy atom. The van der Waals surface area contributed by atoms with Gasteiger partial charge in [0, 0.05) is 11.7 Å². The van der Waals surface area contributed by atoms with Gasteiger partial charge in [0.25, 0.3) is 0 Å². The molecule has 1 heterocycles. The zero-order valence-corrected chi connectivity index (χ0v) is 15.5. The summed E-state index contributed by atoms with van der Waals surface area (Å²) in [5, 5.41) is 15.3. The van der Waals surface area contributed by atoms with Crippen LogP contribution in [0.4, 0.5) is 10.8 Å². The molecule has 24 heavy (non-hydrogen) atoms. The van der Waals surface area contributed by atoms with Crippen LogP contribution < -0.4 is 10.6 Å². The minimum atomic E-state index is -0.0248. The zero-order valence-electron chi connectivity index (χ0n) is 13.9. The van der Waals surface area contributed by atoms with Crippen LogP contribution in [0, 0.1) is 0 Å². The summed E-state index contributed by atoms with van der Waals surface area (Å²) in [5.41, 5.74) is 2.13. The van der Waals surface area contributed by atoms with Crippen molar-refractivity contribution >= 4 is 39.8 Å². The molecule has 1 aromatic carbocycles. The minimum Gasteiger partial charge on any atom is -0.357 e. The maximum absolute atomic E-state index is 12.1. The smallest absolute Gasteiger partial charge is 0.234 e. The quantitative estimate of drug-likeness (QED) is 0.683. The largest absolute Gasteiger partial charge is 0.357 e. The number of anilines is 2. The first-order chi connectivity index (χ1) is 11.6. The number of carbonyl (C=O) groups is 1. The molecule has 1 aliphatic carbocycles. The van der Waals surface area contributed by atoms with Crippen molar-refractivity contribution in [1.82, 2.24) is 10.2 Å². The first-order valence-electron chi connectivity index (χ1n) is 8.26. The molecule has 0 bridgehead atoms. The minimum absolute atomic E-state index is 0.0248. The number of hydrogen-bond donors (Lipinski definition) is 2. The Bertz CT molecular complexity index is 682. The predicted octanol–water partition coefficient (Wildman–Crippen LogP) is 4.36. The van der Waals surface area contributed by atoms with Gasteiger partial charge in [-0.25, -0.2) is 0 Å². The van der Waals surface area contributed by atoms with E-state index in [-0.39, 0.29) is 5.91 Å². The summed E-state index contributed by atoms with van der Waals surface area (Å²) in [6.45, 7) is 4.38. The van der Waals surface area contributed by atoms with Crippen molar-refractivity contribution in [1.29, 1.82) is 0 Å². The van der Waals surface area contributed by atoms with Gasteiger partial charge in [0.15, 0.2) is 4.34 Å². The van der Waals surface area contributed by atoms with E-state index in [4.69, 9.17) is 0 Å². The van der Waals surface area contributed by atoms with Crippen molar-refractivity contribution in [2.75, 3.05) is 16.4 Å². The molecule has 1 aliphatic rings. The van der Waals surface area contributed by atoms with Gasteiger partial charge in [0.05, 0.1) is 5.75 Å². The Hall–Kier alpha value is -1.60. The average molecular weight is 363 g/mol. The molecule has 1 fully saturated rings. The number of benzene rings is 1. The molecule has 2 N–H and O–H groups in total. The highest BCUT2D eigenvalue weighted by atomic mass is 32.2. The predicted molar refractivity (Wildman–Crippen MR) is 101 cm³/mol. The van der Waals surface area contributed by atoms with Gasteiger partial charge < -0.3 is 10.6 Å². The fourth-order valence-corrected chi connectivity index (χ4v) is 3.81. The second-order valence-corrected chi connectivity index (χ2v) is 8.26. The van der Waals surface area contributed by atoms with Crippen molar-refractivity contribution < 1.29 is 4.79 Å². The number of hydrogen-bond acceptors (Lipinski definition) is 6. The molecule has 0 unspecified atom stereocenters. The molecule has 0 radical (unpaired) electrons. The maximum Gasteiger partial charge on any atom is 0.234 e. The normalized spacial score (nSPS) is 15.1. The van der Waals surface area contributed by atoms with Crippen LogP contribution in [-0.2, 0) is 4.79 Å². The standard InChI is InChI=1S/C17H22N4OS2/c1-3-11(2)12-4-6-13(7-5-12)18-15(22)10-23-17-21-20-16(24-17)19-14-8-9-14/h4-7,11,14H,3,8-10H2,1-2H3,(H,18,22)(H,19,20)/t11-/m1/s1. The second kappa shape index (κ2) is 7.98. The molecule has 5 nitrogen and oxygen atoms in total. The Labute approximate surface area is 150 Å². The fourth-order valence-electron chi connectivity index (χ4n) is 2.18. The van der Waals surface area contributed by atoms with Gasteiger partial charge in [-0.15, -0.1) is 10.2 Å². The van der Waals surface area contributed by atoms with Crippen LogP contribution in [0.15, 0.2) is 28.6 Å². The van der Waals surface area contributed by atoms with E-state index in [0.717, 1.165) is 21.6 Å². The zero-order chi connectivity index (χ0) is 16.9. The number of nitrogens with zero attached hydrogens (tertiary/aromatic N) is 2. The molecule has 128 valence electrons. The first-order valence-corrected chi connectivity index (χ1v) is 10.1. The first kappa shape index (κ1) is 17.2. The molecule has 1 aromatic heterocycles. The lowest BCUT2D eigenvalue weighted by Gasteiger charge is -2.10. The van der Waals surface area contributed by atoms with Crippen LogP contribution >= 0.6 is 23.1 Å². The lowest BCUT2D eigenvalue weighted by atomic mass is 9.99. The van der Waals surface area contributed by atoms with Gasteiger partial charge in [-0.05, 0) is 42.9 Å². The number of thioether (sulfide) groups is 1. The van der Waals surface area contributed by atoms with E-state index < -0.39 is 0 Å². The molecule has 1 atom stereocenters. The molecule has 0 aliphatic heterocycles. The van der Waals surface area contributed by atoms with Gasteiger partial charge >= 0.3 is 0 Å². The number of nitrogens with one attached hydrogen (secondary N) is 2. The molecular weight excluding hydrogens is 340 g/mol.